The molecule has 0 aromatic heterocycles. The predicted molar refractivity (Wildman–Crippen MR) is 100 cm³/mol. The van der Waals surface area contributed by atoms with E-state index in [0.29, 0.717) is 0 Å². The second-order valence-electron chi connectivity index (χ2n) is 6.41. The van der Waals surface area contributed by atoms with Crippen molar-refractivity contribution < 1.29 is 48.0 Å². The van der Waals surface area contributed by atoms with Gasteiger partial charge in [0.1, 0.15) is 0 Å². The van der Waals surface area contributed by atoms with Gasteiger partial charge in [0.15, 0.2) is 0 Å². The first-order valence-corrected chi connectivity index (χ1v) is 9.67. The molecule has 0 aliphatic carbocycles. The molecule has 0 bridgehead atoms. The molecular weight excluding hydrogens is 420 g/mol. The Labute approximate surface area is 169 Å². The van der Waals surface area contributed by atoms with Gasteiger partial charge in [0.2, 0.25) is 9.84 Å². The minimum absolute atomic E-state index is 0.159. The highest BCUT2D eigenvalue weighted by molar-refractivity contribution is 7.91. The first-order valence-electron chi connectivity index (χ1n) is 8.18. The fourth-order valence-corrected chi connectivity index (χ4v) is 4.70. The molecule has 30 heavy (non-hydrogen) atoms. The van der Waals surface area contributed by atoms with Crippen molar-refractivity contribution in [2.75, 3.05) is 0 Å². The van der Waals surface area contributed by atoms with E-state index in [1.54, 1.807) is 0 Å². The van der Waals surface area contributed by atoms with Crippen LogP contribution >= 0.6 is 0 Å². The van der Waals surface area contributed by atoms with Gasteiger partial charge in [-0.15, -0.1) is 0 Å². The van der Waals surface area contributed by atoms with Crippen LogP contribution in [0.5, 0.6) is 0 Å². The third-order valence-electron chi connectivity index (χ3n) is 4.69. The summed E-state index contributed by atoms with van der Waals surface area (Å²) < 4.78 is 26.4. The van der Waals surface area contributed by atoms with Gasteiger partial charge in [0.25, 0.3) is 0 Å². The van der Waals surface area contributed by atoms with Crippen LogP contribution in [-0.4, -0.2) is 52.7 Å². The van der Waals surface area contributed by atoms with Crippen LogP contribution in [0.1, 0.15) is 58.1 Å². The highest BCUT2D eigenvalue weighted by Gasteiger charge is 2.30. The standard InChI is InChI=1S/C19H16O10S/c1-7-11(16(20)21)4-10(5-12(7)17(22)23)30(28,29)14-6-13(18(24)25)8(2)15(9(14)3)19(26)27/h4-6H,1-3H3,(H,20,21)(H,22,23)(H,24,25)(H,26,27). The molecule has 0 amide bonds. The minimum atomic E-state index is -4.68. The van der Waals surface area contributed by atoms with E-state index in [0.717, 1.165) is 18.2 Å². The summed E-state index contributed by atoms with van der Waals surface area (Å²) in [6.45, 7) is 3.58. The smallest absolute Gasteiger partial charge is 0.336 e. The van der Waals surface area contributed by atoms with E-state index < -0.39 is 65.8 Å². The minimum Gasteiger partial charge on any atom is -0.478 e. The van der Waals surface area contributed by atoms with Crippen molar-refractivity contribution in [3.05, 3.63) is 57.1 Å². The number of hydrogen-bond acceptors (Lipinski definition) is 6. The molecule has 0 unspecified atom stereocenters. The molecule has 2 aromatic rings. The monoisotopic (exact) mass is 436 g/mol. The maximum Gasteiger partial charge on any atom is 0.336 e. The average Bonchev–Trinajstić information content (AvgIpc) is 2.60. The van der Waals surface area contributed by atoms with Gasteiger partial charge in [0.05, 0.1) is 32.0 Å². The number of hydrogen-bond donors (Lipinski definition) is 4. The fraction of sp³-hybridized carbons (Fsp3) is 0.158. The number of benzene rings is 2. The van der Waals surface area contributed by atoms with E-state index in [4.69, 9.17) is 0 Å². The number of rotatable bonds is 6. The second kappa shape index (κ2) is 7.59. The molecule has 0 atom stereocenters. The molecule has 0 fully saturated rings. The molecular formula is C19H16O10S. The molecule has 4 N–H and O–H groups in total. The molecule has 10 nitrogen and oxygen atoms in total. The van der Waals surface area contributed by atoms with Crippen molar-refractivity contribution in [3.8, 4) is 0 Å². The lowest BCUT2D eigenvalue weighted by molar-refractivity contribution is 0.0673. The van der Waals surface area contributed by atoms with E-state index in [9.17, 15) is 48.0 Å². The topological polar surface area (TPSA) is 183 Å². The van der Waals surface area contributed by atoms with Crippen LogP contribution in [0.3, 0.4) is 0 Å². The van der Waals surface area contributed by atoms with Gasteiger partial charge in [-0.25, -0.2) is 27.6 Å². The summed E-state index contributed by atoms with van der Waals surface area (Å²) in [5.74, 6) is -6.24. The Morgan fingerprint density at radius 2 is 1.03 bits per heavy atom. The van der Waals surface area contributed by atoms with Gasteiger partial charge < -0.3 is 20.4 Å². The largest absolute Gasteiger partial charge is 0.478 e. The zero-order chi connectivity index (χ0) is 23.1. The molecule has 0 spiro atoms. The Hall–Kier alpha value is -3.73. The Kier molecular flexibility index (Phi) is 5.71. The van der Waals surface area contributed by atoms with Gasteiger partial charge in [-0.3, -0.25) is 0 Å². The third-order valence-corrected chi connectivity index (χ3v) is 6.54. The van der Waals surface area contributed by atoms with Crippen LogP contribution in [-0.2, 0) is 9.84 Å². The lowest BCUT2D eigenvalue weighted by Gasteiger charge is -2.16. The van der Waals surface area contributed by atoms with Crippen LogP contribution < -0.4 is 0 Å². The Morgan fingerprint density at radius 1 is 0.633 bits per heavy atom. The molecule has 2 rings (SSSR count). The molecule has 0 saturated carbocycles. The van der Waals surface area contributed by atoms with Crippen LogP contribution in [0, 0.1) is 20.8 Å². The SMILES string of the molecule is Cc1c(C(=O)O)cc(S(=O)(=O)c2cc(C(=O)O)c(C)c(C(=O)O)c2C)cc1C(=O)O. The summed E-state index contributed by atoms with van der Waals surface area (Å²) in [5, 5.41) is 37.4. The summed E-state index contributed by atoms with van der Waals surface area (Å²) in [7, 11) is -4.68. The van der Waals surface area contributed by atoms with Crippen LogP contribution in [0.15, 0.2) is 28.0 Å². The Bertz CT molecular complexity index is 1200. The van der Waals surface area contributed by atoms with Crippen molar-refractivity contribution in [1.82, 2.24) is 0 Å². The normalized spacial score (nSPS) is 11.2. The zero-order valence-corrected chi connectivity index (χ0v) is 16.7. The number of carboxylic acid groups (broad SMARTS) is 4. The maximum absolute atomic E-state index is 13.2. The van der Waals surface area contributed by atoms with E-state index in [1.165, 1.54) is 20.8 Å². The third kappa shape index (κ3) is 3.62. The summed E-state index contributed by atoms with van der Waals surface area (Å²) in [5.41, 5.74) is -2.84. The first kappa shape index (κ1) is 22.6. The lowest BCUT2D eigenvalue weighted by atomic mass is 9.97. The molecule has 0 saturated heterocycles. The van der Waals surface area contributed by atoms with Crippen molar-refractivity contribution >= 4 is 33.7 Å². The lowest BCUT2D eigenvalue weighted by Crippen LogP contribution is -2.16. The second-order valence-corrected chi connectivity index (χ2v) is 8.33. The van der Waals surface area contributed by atoms with Gasteiger partial charge in [0, 0.05) is 0 Å². The van der Waals surface area contributed by atoms with Gasteiger partial charge in [-0.2, -0.15) is 0 Å². The highest BCUT2D eigenvalue weighted by Crippen LogP contribution is 2.32. The number of carbonyl (C=O) groups is 4. The Morgan fingerprint density at radius 3 is 1.40 bits per heavy atom. The number of carboxylic acids is 4. The van der Waals surface area contributed by atoms with Gasteiger partial charge >= 0.3 is 23.9 Å². The molecule has 2 aromatic carbocycles. The van der Waals surface area contributed by atoms with Crippen molar-refractivity contribution in [3.63, 3.8) is 0 Å². The van der Waals surface area contributed by atoms with Gasteiger partial charge in [-0.1, -0.05) is 0 Å². The first-order chi connectivity index (χ1) is 13.7. The summed E-state index contributed by atoms with van der Waals surface area (Å²) >= 11 is 0. The molecule has 0 radical (unpaired) electrons. The van der Waals surface area contributed by atoms with Crippen molar-refractivity contribution in [2.45, 2.75) is 30.6 Å². The van der Waals surface area contributed by atoms with Crippen LogP contribution in [0.25, 0.3) is 0 Å². The van der Waals surface area contributed by atoms with E-state index >= 15 is 0 Å². The number of aromatic carboxylic acids is 4. The number of sulfone groups is 1. The molecule has 158 valence electrons. The highest BCUT2D eigenvalue weighted by atomic mass is 32.2. The van der Waals surface area contributed by atoms with Crippen LogP contribution in [0.2, 0.25) is 0 Å². The predicted octanol–water partition coefficient (Wildman–Crippen LogP) is 2.24. The summed E-state index contributed by atoms with van der Waals surface area (Å²) in [6.07, 6.45) is 0. The molecule has 0 aliphatic heterocycles. The maximum atomic E-state index is 13.2. The molecule has 0 aliphatic rings. The molecule has 0 heterocycles. The van der Waals surface area contributed by atoms with Crippen molar-refractivity contribution in [1.29, 1.82) is 0 Å². The summed E-state index contributed by atoms with van der Waals surface area (Å²) in [6, 6.07) is 2.27. The zero-order valence-electron chi connectivity index (χ0n) is 15.9. The van der Waals surface area contributed by atoms with Crippen molar-refractivity contribution in [2.24, 2.45) is 0 Å². The Balaban J connectivity index is 2.99. The fourth-order valence-electron chi connectivity index (χ4n) is 3.12. The molecule has 11 heteroatoms. The van der Waals surface area contributed by atoms with Crippen LogP contribution in [0.4, 0.5) is 0 Å². The van der Waals surface area contributed by atoms with E-state index in [1.807, 2.05) is 0 Å². The van der Waals surface area contributed by atoms with Gasteiger partial charge in [-0.05, 0) is 55.7 Å². The average molecular weight is 436 g/mol. The summed E-state index contributed by atoms with van der Waals surface area (Å²) in [4.78, 5) is 44.7. The van der Waals surface area contributed by atoms with E-state index in [-0.39, 0.29) is 16.7 Å². The van der Waals surface area contributed by atoms with E-state index in [2.05, 4.69) is 0 Å². The quantitative estimate of drug-likeness (QED) is 0.523.